The van der Waals surface area contributed by atoms with Gasteiger partial charge in [-0.15, -0.1) is 0 Å². The molecule has 4 nitrogen and oxygen atoms in total. The first-order chi connectivity index (χ1) is 11.3. The van der Waals surface area contributed by atoms with E-state index in [-0.39, 0.29) is 6.03 Å². The molecule has 0 aliphatic heterocycles. The van der Waals surface area contributed by atoms with Crippen molar-refractivity contribution < 1.29 is 4.79 Å². The molecule has 0 atom stereocenters. The number of fused-ring (bicyclic) bond motifs is 1. The van der Waals surface area contributed by atoms with E-state index in [9.17, 15) is 4.79 Å². The van der Waals surface area contributed by atoms with Gasteiger partial charge in [-0.1, -0.05) is 50.3 Å². The van der Waals surface area contributed by atoms with Crippen molar-refractivity contribution in [3.05, 3.63) is 36.0 Å². The van der Waals surface area contributed by atoms with Crippen molar-refractivity contribution in [2.45, 2.75) is 57.4 Å². The van der Waals surface area contributed by atoms with Crippen LogP contribution in [0, 0.1) is 0 Å². The van der Waals surface area contributed by atoms with Crippen LogP contribution in [0.3, 0.4) is 0 Å². The lowest BCUT2D eigenvalue weighted by Gasteiger charge is -2.21. The normalized spacial score (nSPS) is 16.7. The Morgan fingerprint density at radius 2 is 1.83 bits per heavy atom. The fraction of sp³-hybridized carbons (Fsp3) is 0.526. The summed E-state index contributed by atoms with van der Waals surface area (Å²) in [4.78, 5) is 15.3. The minimum atomic E-state index is -0.0181. The van der Waals surface area contributed by atoms with Gasteiger partial charge < -0.3 is 15.6 Å². The summed E-state index contributed by atoms with van der Waals surface area (Å²) in [5, 5.41) is 7.40. The van der Waals surface area contributed by atoms with Gasteiger partial charge in [0.1, 0.15) is 0 Å². The maximum absolute atomic E-state index is 12.1. The molecule has 0 spiro atoms. The maximum Gasteiger partial charge on any atom is 0.315 e. The second-order valence-electron chi connectivity index (χ2n) is 6.55. The third kappa shape index (κ3) is 4.50. The van der Waals surface area contributed by atoms with Crippen molar-refractivity contribution in [1.29, 1.82) is 0 Å². The highest BCUT2D eigenvalue weighted by molar-refractivity contribution is 5.83. The number of H-pyrrole nitrogens is 1. The third-order valence-corrected chi connectivity index (χ3v) is 4.80. The number of para-hydroxylation sites is 1. The largest absolute Gasteiger partial charge is 0.361 e. The van der Waals surface area contributed by atoms with E-state index in [0.29, 0.717) is 12.6 Å². The zero-order valence-electron chi connectivity index (χ0n) is 13.7. The Labute approximate surface area is 138 Å². The maximum atomic E-state index is 12.1. The van der Waals surface area contributed by atoms with E-state index >= 15 is 0 Å². The van der Waals surface area contributed by atoms with Gasteiger partial charge in [0.2, 0.25) is 0 Å². The molecule has 1 fully saturated rings. The van der Waals surface area contributed by atoms with Crippen LogP contribution in [-0.4, -0.2) is 23.6 Å². The molecular weight excluding hydrogens is 286 g/mol. The van der Waals surface area contributed by atoms with E-state index in [2.05, 4.69) is 33.8 Å². The summed E-state index contributed by atoms with van der Waals surface area (Å²) in [6, 6.07) is 8.61. The molecule has 1 aliphatic rings. The number of urea groups is 1. The molecule has 23 heavy (non-hydrogen) atoms. The number of carbonyl (C=O) groups is 1. The van der Waals surface area contributed by atoms with Crippen molar-refractivity contribution in [3.8, 4) is 0 Å². The van der Waals surface area contributed by atoms with Crippen LogP contribution in [0.1, 0.15) is 50.5 Å². The lowest BCUT2D eigenvalue weighted by molar-refractivity contribution is 0.234. The minimum Gasteiger partial charge on any atom is -0.361 e. The number of amides is 2. The van der Waals surface area contributed by atoms with Gasteiger partial charge in [0.25, 0.3) is 0 Å². The predicted molar refractivity (Wildman–Crippen MR) is 94.6 cm³/mol. The third-order valence-electron chi connectivity index (χ3n) is 4.80. The number of hydrogen-bond donors (Lipinski definition) is 3. The minimum absolute atomic E-state index is 0.0181. The van der Waals surface area contributed by atoms with Gasteiger partial charge in [-0.25, -0.2) is 4.79 Å². The molecule has 3 N–H and O–H groups in total. The molecule has 1 aromatic heterocycles. The van der Waals surface area contributed by atoms with Gasteiger partial charge >= 0.3 is 6.03 Å². The molecule has 2 aromatic rings. The zero-order valence-corrected chi connectivity index (χ0v) is 13.7. The molecule has 0 radical (unpaired) electrons. The number of aromatic nitrogens is 1. The molecule has 1 aliphatic carbocycles. The van der Waals surface area contributed by atoms with Crippen molar-refractivity contribution in [1.82, 2.24) is 15.6 Å². The molecule has 3 rings (SSSR count). The Morgan fingerprint density at radius 3 is 2.65 bits per heavy atom. The van der Waals surface area contributed by atoms with Gasteiger partial charge in [-0.05, 0) is 30.9 Å². The standard InChI is InChI=1S/C19H27N3O/c23-19(22-16-8-4-2-1-3-5-9-16)20-13-12-15-14-21-18-11-7-6-10-17(15)18/h6-7,10-11,14,16,21H,1-5,8-9,12-13H2,(H2,20,22,23). The predicted octanol–water partition coefficient (Wildman–Crippen LogP) is 4.12. The first kappa shape index (κ1) is 15.9. The first-order valence-electron chi connectivity index (χ1n) is 8.92. The first-order valence-corrected chi connectivity index (χ1v) is 8.92. The van der Waals surface area contributed by atoms with E-state index in [0.717, 1.165) is 24.8 Å². The fourth-order valence-corrected chi connectivity index (χ4v) is 3.49. The topological polar surface area (TPSA) is 56.9 Å². The van der Waals surface area contributed by atoms with E-state index in [4.69, 9.17) is 0 Å². The van der Waals surface area contributed by atoms with E-state index < -0.39 is 0 Å². The number of rotatable bonds is 4. The molecule has 4 heteroatoms. The Kier molecular flexibility index (Phi) is 5.56. The summed E-state index contributed by atoms with van der Waals surface area (Å²) < 4.78 is 0. The molecule has 1 saturated carbocycles. The Hall–Kier alpha value is -1.97. The number of carbonyl (C=O) groups excluding carboxylic acids is 1. The number of benzene rings is 1. The van der Waals surface area contributed by atoms with Crippen LogP contribution in [0.2, 0.25) is 0 Å². The van der Waals surface area contributed by atoms with E-state index in [1.807, 2.05) is 12.3 Å². The summed E-state index contributed by atoms with van der Waals surface area (Å²) in [5.41, 5.74) is 2.41. The summed E-state index contributed by atoms with van der Waals surface area (Å²) in [6.45, 7) is 0.667. The van der Waals surface area contributed by atoms with Gasteiger partial charge in [0.05, 0.1) is 0 Å². The number of aromatic amines is 1. The van der Waals surface area contributed by atoms with Crippen molar-refractivity contribution in [2.24, 2.45) is 0 Å². The van der Waals surface area contributed by atoms with Gasteiger partial charge in [0, 0.05) is 29.7 Å². The second-order valence-corrected chi connectivity index (χ2v) is 6.55. The monoisotopic (exact) mass is 313 g/mol. The quantitative estimate of drug-likeness (QED) is 0.781. The van der Waals surface area contributed by atoms with Crippen LogP contribution in [-0.2, 0) is 6.42 Å². The van der Waals surface area contributed by atoms with Gasteiger partial charge in [-0.2, -0.15) is 0 Å². The van der Waals surface area contributed by atoms with Crippen molar-refractivity contribution in [2.75, 3.05) is 6.54 Å². The SMILES string of the molecule is O=C(NCCc1c[nH]c2ccccc12)NC1CCCCCCC1. The molecular formula is C19H27N3O. The molecule has 0 unspecified atom stereocenters. The van der Waals surface area contributed by atoms with Crippen LogP contribution in [0.25, 0.3) is 10.9 Å². The van der Waals surface area contributed by atoms with Crippen LogP contribution in [0.5, 0.6) is 0 Å². The van der Waals surface area contributed by atoms with Crippen LogP contribution < -0.4 is 10.6 Å². The highest BCUT2D eigenvalue weighted by Gasteiger charge is 2.13. The summed E-state index contributed by atoms with van der Waals surface area (Å²) in [5.74, 6) is 0. The zero-order chi connectivity index (χ0) is 15.9. The van der Waals surface area contributed by atoms with Crippen LogP contribution in [0.4, 0.5) is 4.79 Å². The highest BCUT2D eigenvalue weighted by Crippen LogP contribution is 2.18. The summed E-state index contributed by atoms with van der Waals surface area (Å²) >= 11 is 0. The van der Waals surface area contributed by atoms with E-state index in [1.54, 1.807) is 0 Å². The number of hydrogen-bond acceptors (Lipinski definition) is 1. The second kappa shape index (κ2) is 8.04. The lowest BCUT2D eigenvalue weighted by atomic mass is 9.97. The van der Waals surface area contributed by atoms with E-state index in [1.165, 1.54) is 43.1 Å². The summed E-state index contributed by atoms with van der Waals surface area (Å²) in [6.07, 6.45) is 11.6. The number of nitrogens with one attached hydrogen (secondary N) is 3. The molecule has 1 heterocycles. The smallest absolute Gasteiger partial charge is 0.315 e. The van der Waals surface area contributed by atoms with Crippen LogP contribution >= 0.6 is 0 Å². The lowest BCUT2D eigenvalue weighted by Crippen LogP contribution is -2.42. The average molecular weight is 313 g/mol. The van der Waals surface area contributed by atoms with Gasteiger partial charge in [0.15, 0.2) is 0 Å². The molecule has 0 bridgehead atoms. The molecule has 1 aromatic carbocycles. The van der Waals surface area contributed by atoms with Crippen molar-refractivity contribution >= 4 is 16.9 Å². The Balaban J connectivity index is 1.43. The fourth-order valence-electron chi connectivity index (χ4n) is 3.49. The Morgan fingerprint density at radius 1 is 1.09 bits per heavy atom. The average Bonchev–Trinajstić information content (AvgIpc) is 2.93. The van der Waals surface area contributed by atoms with Crippen molar-refractivity contribution in [3.63, 3.8) is 0 Å². The van der Waals surface area contributed by atoms with Crippen LogP contribution in [0.15, 0.2) is 30.5 Å². The molecule has 0 saturated heterocycles. The molecule has 124 valence electrons. The van der Waals surface area contributed by atoms with Gasteiger partial charge in [-0.3, -0.25) is 0 Å². The Bertz CT molecular complexity index is 626. The molecule has 2 amide bonds. The summed E-state index contributed by atoms with van der Waals surface area (Å²) in [7, 11) is 0. The highest BCUT2D eigenvalue weighted by atomic mass is 16.2.